The molecule has 11 heterocycles. The molecular weight excluding hydrogens is 1950 g/mol. The van der Waals surface area contributed by atoms with Crippen molar-refractivity contribution in [3.05, 3.63) is 0 Å². The monoisotopic (exact) mass is 2090 g/mol. The second kappa shape index (κ2) is 51.9. The third-order valence-corrected chi connectivity index (χ3v) is 25.8. The van der Waals surface area contributed by atoms with Gasteiger partial charge in [-0.3, -0.25) is 33.6 Å². The van der Waals surface area contributed by atoms with Crippen molar-refractivity contribution < 1.29 is 276 Å². The Labute approximate surface area is 810 Å². The number of carbonyl (C=O) groups excluding carboxylic acids is 7. The number of aliphatic hydroxyl groups is 28. The Morgan fingerprint density at radius 3 is 0.769 bits per heavy atom. The Morgan fingerprint density at radius 1 is 0.182 bits per heavy atom. The number of nitrogens with one attached hydrogen (secondary N) is 7. The summed E-state index contributed by atoms with van der Waals surface area (Å²) in [4.78, 5) is 91.5. The summed E-state index contributed by atoms with van der Waals surface area (Å²) in [5, 5.41) is 338. The standard InChI is InChI=1S/C80H133N7O56/c1-19(97)81-37-54(114)62(31(13-93)125-70(37)122)136-75-42(86-24(6)102)55(115)64(33(15-95)131-75)139-78-61(121)67(141-80-69(60(120)65(34(16-96)133-80)137-72-39(83-21(3)99)51(111)45(105)27(9-89)127-72)143-76-43(87-25(7)103)56(116)63(32(14-94)132-76)138-77-59(119)57(117)48(108)30(12-92)130-77)66(140-73-40(84-22(4)100)52(112)46(106)28(10-90)128-73)36(135-78)18-124-79-68(142-74-41(85-23(5)101)53(113)47(107)29(11-91)129-74)58(118)49(109)35(134-79)17-123-71-38(82-20(2)98)50(110)44(104)26(8-88)126-71/h26-80,88-96,104-122H,8-18H2,1-7H3,(H,81,97)(H,82,98)(H,83,99)(H,84,100)(H,85,101)(H,86,102)(H,87,103)/t26-,27-,28-,29-,30-,31-,32-,33-,34-,35-,36-,37-,38-,39-,40-,41-,42-,43-,44-,45-,46-,47-,48+,49-,50-,51-,52-,53-,54-,55-,56-,57+,58+,59-,60+,61+,62-,63-,64-,65-,66-,67-,68+,69+,70?,71-,72+,73+,74+,75+,76+,77+,78+,79+,80-/m1/s1. The predicted molar refractivity (Wildman–Crippen MR) is 444 cm³/mol. The molecule has 0 bridgehead atoms. The van der Waals surface area contributed by atoms with Crippen LogP contribution < -0.4 is 37.2 Å². The second-order valence-electron chi connectivity index (χ2n) is 36.0. The first-order valence-electron chi connectivity index (χ1n) is 45.6. The first kappa shape index (κ1) is 118. The Kier molecular flexibility index (Phi) is 42.7. The average molecular weight is 2090 g/mol. The van der Waals surface area contributed by atoms with Gasteiger partial charge >= 0.3 is 0 Å². The van der Waals surface area contributed by atoms with E-state index in [2.05, 4.69) is 37.2 Å². The molecule has 35 N–H and O–H groups in total. The summed E-state index contributed by atoms with van der Waals surface area (Å²) in [6.07, 6.45) is -108. The summed E-state index contributed by atoms with van der Waals surface area (Å²) in [7, 11) is 0. The number of hydrogen-bond acceptors (Lipinski definition) is 56. The molecule has 0 radical (unpaired) electrons. The van der Waals surface area contributed by atoms with E-state index in [-0.39, 0.29) is 0 Å². The van der Waals surface area contributed by atoms with Gasteiger partial charge in [0.15, 0.2) is 69.2 Å². The molecule has 63 nitrogen and oxygen atoms in total. The van der Waals surface area contributed by atoms with E-state index in [0.29, 0.717) is 0 Å². The first-order chi connectivity index (χ1) is 67.6. The van der Waals surface area contributed by atoms with Crippen molar-refractivity contribution in [1.29, 1.82) is 0 Å². The summed E-state index contributed by atoms with van der Waals surface area (Å²) >= 11 is 0. The minimum Gasteiger partial charge on any atom is -0.394 e. The minimum atomic E-state index is -2.93. The van der Waals surface area contributed by atoms with Crippen LogP contribution in [0.15, 0.2) is 0 Å². The van der Waals surface area contributed by atoms with E-state index in [9.17, 15) is 177 Å². The molecule has 11 saturated heterocycles. The van der Waals surface area contributed by atoms with E-state index in [0.717, 1.165) is 48.5 Å². The Hall–Kier alpha value is -5.67. The lowest BCUT2D eigenvalue weighted by Crippen LogP contribution is -2.72. The van der Waals surface area contributed by atoms with Crippen molar-refractivity contribution in [1.82, 2.24) is 37.2 Å². The molecule has 0 saturated carbocycles. The lowest BCUT2D eigenvalue weighted by atomic mass is 9.93. The highest BCUT2D eigenvalue weighted by Crippen LogP contribution is 2.43. The molecular formula is C80H133N7O56. The molecule has 0 aromatic heterocycles. The molecule has 11 fully saturated rings. The molecule has 1 unspecified atom stereocenters. The maximum Gasteiger partial charge on any atom is 0.217 e. The highest BCUT2D eigenvalue weighted by molar-refractivity contribution is 5.75. The average Bonchev–Trinajstić information content (AvgIpc) is 0.755. The van der Waals surface area contributed by atoms with E-state index in [1.165, 1.54) is 0 Å². The fraction of sp³-hybridized carbons (Fsp3) is 0.912. The number of carbonyl (C=O) groups is 7. The Bertz CT molecular complexity index is 4050. The maximum atomic E-state index is 13.8. The predicted octanol–water partition coefficient (Wildman–Crippen LogP) is -24.0. The zero-order valence-electron chi connectivity index (χ0n) is 77.5. The summed E-state index contributed by atoms with van der Waals surface area (Å²) in [5.74, 6) is -6.89. The van der Waals surface area contributed by atoms with Crippen LogP contribution in [-0.2, 0) is 133 Å². The van der Waals surface area contributed by atoms with Crippen LogP contribution in [0.1, 0.15) is 48.5 Å². The van der Waals surface area contributed by atoms with E-state index in [1.54, 1.807) is 0 Å². The summed E-state index contributed by atoms with van der Waals surface area (Å²) < 4.78 is 130. The van der Waals surface area contributed by atoms with Gasteiger partial charge < -0.3 is 280 Å². The van der Waals surface area contributed by atoms with Gasteiger partial charge in [0.1, 0.15) is 268 Å². The quantitative estimate of drug-likeness (QED) is 0.0273. The summed E-state index contributed by atoms with van der Waals surface area (Å²) in [5.41, 5.74) is 0. The molecule has 55 atom stereocenters. The fourth-order valence-corrected chi connectivity index (χ4v) is 18.5. The minimum absolute atomic E-state index is 0.853. The van der Waals surface area contributed by atoms with E-state index in [4.69, 9.17) is 99.5 Å². The molecule has 7 amide bonds. The van der Waals surface area contributed by atoms with E-state index >= 15 is 0 Å². The highest BCUT2D eigenvalue weighted by atomic mass is 16.8. The molecule has 63 heteroatoms. The van der Waals surface area contributed by atoms with Crippen LogP contribution in [0.4, 0.5) is 0 Å². The number of rotatable bonds is 38. The fourth-order valence-electron chi connectivity index (χ4n) is 18.5. The highest BCUT2D eigenvalue weighted by Gasteiger charge is 2.64. The van der Waals surface area contributed by atoms with Gasteiger partial charge in [0, 0.05) is 48.5 Å². The van der Waals surface area contributed by atoms with Gasteiger partial charge in [0.05, 0.1) is 72.7 Å². The lowest BCUT2D eigenvalue weighted by Gasteiger charge is -2.53. The number of amides is 7. The Morgan fingerprint density at radius 2 is 0.406 bits per heavy atom. The van der Waals surface area contributed by atoms with Gasteiger partial charge in [-0.2, -0.15) is 0 Å². The van der Waals surface area contributed by atoms with Crippen LogP contribution in [0, 0.1) is 0 Å². The van der Waals surface area contributed by atoms with Crippen LogP contribution in [0.5, 0.6) is 0 Å². The zero-order chi connectivity index (χ0) is 105. The zero-order valence-corrected chi connectivity index (χ0v) is 77.5. The number of hydrogen-bond donors (Lipinski definition) is 35. The second-order valence-corrected chi connectivity index (χ2v) is 36.0. The van der Waals surface area contributed by atoms with Gasteiger partial charge in [-0.1, -0.05) is 0 Å². The first-order valence-corrected chi connectivity index (χ1v) is 45.6. The van der Waals surface area contributed by atoms with Crippen molar-refractivity contribution in [2.75, 3.05) is 72.7 Å². The number of aliphatic hydroxyl groups excluding tert-OH is 28. The SMILES string of the molecule is CC(=O)N[C@H]1[C@H](O[C@H]2[C@H](O)[C@@H](NC(C)=O)C(O)O[C@@H]2CO)O[C@H](CO)[C@@H](O[C@@H]2O[C@H](CO[C@H]3O[C@H](CO[C@@H]4O[C@H](CO)[C@@H](O)[C@H](O)[C@H]4NC(C)=O)[C@@H](O)[C@H](O)[C@@H]3O[C@@H]3O[C@H](CO)[C@@H](O)[C@H](O)[C@H]3NC(C)=O)[C@@H](O[C@@H]3O[C@H](CO)[C@@H](O)[C@H](O)[C@H]3NC(C)=O)[C@H](O[C@H]3O[C@H](CO)[C@@H](O[C@@H]4O[C@H](CO)[C@@H](O)[C@H](O)[C@H]4NC(C)=O)[C@H](O)[C@@H]3O[C@@H]3O[C@H](CO)[C@@H](O[C@@H]4O[C@H](CO)[C@H](O)[C@H](O)[C@H]4O)[C@H](O)[C@H]3NC(C)=O)[C@@H]2O)[C@@H]1O. The Balaban J connectivity index is 1.10. The summed E-state index contributed by atoms with van der Waals surface area (Å²) in [6.45, 7) is -7.03. The summed E-state index contributed by atoms with van der Waals surface area (Å²) in [6, 6.07) is -13.9. The third-order valence-electron chi connectivity index (χ3n) is 25.8. The van der Waals surface area contributed by atoms with Gasteiger partial charge in [0.2, 0.25) is 41.4 Å². The molecule has 824 valence electrons. The van der Waals surface area contributed by atoms with Crippen molar-refractivity contribution >= 4 is 41.4 Å². The number of ether oxygens (including phenoxy) is 21. The van der Waals surface area contributed by atoms with Crippen LogP contribution in [0.25, 0.3) is 0 Å². The molecule has 11 aliphatic heterocycles. The van der Waals surface area contributed by atoms with Gasteiger partial charge in [0.25, 0.3) is 0 Å². The van der Waals surface area contributed by atoms with Crippen LogP contribution >= 0.6 is 0 Å². The van der Waals surface area contributed by atoms with E-state index < -0.39 is 451 Å². The van der Waals surface area contributed by atoms with Crippen molar-refractivity contribution in [3.8, 4) is 0 Å². The maximum absolute atomic E-state index is 13.8. The van der Waals surface area contributed by atoms with Crippen LogP contribution in [0.3, 0.4) is 0 Å². The molecule has 0 spiro atoms. The van der Waals surface area contributed by atoms with Crippen LogP contribution in [0.2, 0.25) is 0 Å². The van der Waals surface area contributed by atoms with Gasteiger partial charge in [-0.15, -0.1) is 0 Å². The molecule has 143 heavy (non-hydrogen) atoms. The topological polar surface area (TPSA) is 964 Å². The largest absolute Gasteiger partial charge is 0.394 e. The van der Waals surface area contributed by atoms with Crippen molar-refractivity contribution in [3.63, 3.8) is 0 Å². The van der Waals surface area contributed by atoms with Crippen molar-refractivity contribution in [2.45, 2.75) is 386 Å². The smallest absolute Gasteiger partial charge is 0.217 e. The molecule has 11 aliphatic rings. The van der Waals surface area contributed by atoms with Crippen LogP contribution in [-0.4, -0.2) is 594 Å². The van der Waals surface area contributed by atoms with Crippen molar-refractivity contribution in [2.24, 2.45) is 0 Å². The molecule has 0 aromatic carbocycles. The molecule has 0 aliphatic carbocycles. The third kappa shape index (κ3) is 26.9. The normalized spacial score (nSPS) is 47.3. The van der Waals surface area contributed by atoms with E-state index in [1.807, 2.05) is 0 Å². The van der Waals surface area contributed by atoms with Gasteiger partial charge in [-0.25, -0.2) is 0 Å². The molecule has 11 rings (SSSR count). The van der Waals surface area contributed by atoms with Gasteiger partial charge in [-0.05, 0) is 0 Å². The lowest BCUT2D eigenvalue weighted by molar-refractivity contribution is -0.413. The molecule has 0 aromatic rings.